The first kappa shape index (κ1) is 22.6. The maximum Gasteiger partial charge on any atom is 0.0214 e. The summed E-state index contributed by atoms with van der Waals surface area (Å²) in [4.78, 5) is 0. The summed E-state index contributed by atoms with van der Waals surface area (Å²) in [5.74, 6) is 0.657. The highest BCUT2D eigenvalue weighted by atomic mass is 14.5. The van der Waals surface area contributed by atoms with E-state index in [2.05, 4.69) is 109 Å². The second-order valence-electron chi connectivity index (χ2n) is 12.0. The molecule has 0 aromatic heterocycles. The Morgan fingerprint density at radius 3 is 1.82 bits per heavy atom. The summed E-state index contributed by atoms with van der Waals surface area (Å²) in [7, 11) is 0. The standard InChI is InChI=1S/C40H32/c1-3-13-26(14-4-1)35-37-30-21-9-7-19-28(30)29-20-8-10-22-31(29)38(37)36(27-15-5-2-6-16-27)40-33-24-12-18-25-17-11-23-32(34(25)33)39(35)40/h1-5,9-15,17-18,21-24,37-38H,6-8,16,19-20H2. The zero-order chi connectivity index (χ0) is 26.2. The van der Waals surface area contributed by atoms with Gasteiger partial charge in [0.15, 0.2) is 0 Å². The zero-order valence-electron chi connectivity index (χ0n) is 22.8. The summed E-state index contributed by atoms with van der Waals surface area (Å²) < 4.78 is 0. The molecule has 0 heteroatoms. The predicted molar refractivity (Wildman–Crippen MR) is 168 cm³/mol. The Morgan fingerprint density at radius 1 is 0.550 bits per heavy atom. The SMILES string of the molecule is C1=CCCC(C2=C3C(=C(c4ccccc4)C4C5=C(CCC=C5)C5=C(C=CCC5)C24)c2cccc4cccc3c24)=C1. The van der Waals surface area contributed by atoms with E-state index in [1.807, 2.05) is 0 Å². The number of benzene rings is 3. The largest absolute Gasteiger partial charge is 0.0842 e. The van der Waals surface area contributed by atoms with E-state index in [9.17, 15) is 0 Å². The second kappa shape index (κ2) is 8.67. The lowest BCUT2D eigenvalue weighted by Crippen LogP contribution is -2.33. The molecule has 0 amide bonds. The molecule has 0 saturated carbocycles. The lowest BCUT2D eigenvalue weighted by molar-refractivity contribution is 0.570. The highest BCUT2D eigenvalue weighted by Crippen LogP contribution is 2.64. The van der Waals surface area contributed by atoms with Crippen LogP contribution in [0.1, 0.15) is 55.2 Å². The van der Waals surface area contributed by atoms with Gasteiger partial charge in [0.1, 0.15) is 0 Å². The molecule has 6 aliphatic rings. The normalized spacial score (nSPS) is 24.4. The fraction of sp³-hybridized carbons (Fsp3) is 0.200. The first-order chi connectivity index (χ1) is 19.9. The number of allylic oxidation sites excluding steroid dienone is 16. The Morgan fingerprint density at radius 2 is 1.18 bits per heavy atom. The summed E-state index contributed by atoms with van der Waals surface area (Å²) in [6.07, 6.45) is 23.9. The number of hydrogen-bond donors (Lipinski definition) is 0. The van der Waals surface area contributed by atoms with Crippen LogP contribution in [0.2, 0.25) is 0 Å². The Bertz CT molecular complexity index is 1870. The van der Waals surface area contributed by atoms with Gasteiger partial charge in [-0.1, -0.05) is 109 Å². The lowest BCUT2D eigenvalue weighted by atomic mass is 9.57. The molecule has 0 nitrogen and oxygen atoms in total. The topological polar surface area (TPSA) is 0 Å². The molecule has 0 aliphatic heterocycles. The molecular weight excluding hydrogens is 480 g/mol. The fourth-order valence-electron chi connectivity index (χ4n) is 8.63. The quantitative estimate of drug-likeness (QED) is 0.320. The average molecular weight is 513 g/mol. The van der Waals surface area contributed by atoms with Crippen molar-refractivity contribution in [3.8, 4) is 0 Å². The van der Waals surface area contributed by atoms with Gasteiger partial charge < -0.3 is 0 Å². The molecule has 0 spiro atoms. The average Bonchev–Trinajstić information content (AvgIpc) is 3.36. The van der Waals surface area contributed by atoms with Gasteiger partial charge in [-0.15, -0.1) is 0 Å². The smallest absolute Gasteiger partial charge is 0.0214 e. The third kappa shape index (κ3) is 3.02. The fourth-order valence-corrected chi connectivity index (χ4v) is 8.63. The summed E-state index contributed by atoms with van der Waals surface area (Å²) in [6, 6.07) is 25.3. The highest BCUT2D eigenvalue weighted by Gasteiger charge is 2.48. The Labute approximate surface area is 236 Å². The number of hydrogen-bond acceptors (Lipinski definition) is 0. The molecule has 0 radical (unpaired) electrons. The van der Waals surface area contributed by atoms with Crippen LogP contribution in [0.4, 0.5) is 0 Å². The second-order valence-corrected chi connectivity index (χ2v) is 12.0. The molecule has 0 N–H and O–H groups in total. The molecule has 3 aromatic carbocycles. The monoisotopic (exact) mass is 512 g/mol. The third-order valence-electron chi connectivity index (χ3n) is 10.1. The van der Waals surface area contributed by atoms with Crippen molar-refractivity contribution in [2.45, 2.75) is 38.5 Å². The summed E-state index contributed by atoms with van der Waals surface area (Å²) in [6.45, 7) is 0. The van der Waals surface area contributed by atoms with Crippen LogP contribution in [0, 0.1) is 11.8 Å². The van der Waals surface area contributed by atoms with E-state index < -0.39 is 0 Å². The van der Waals surface area contributed by atoms with Gasteiger partial charge in [0.05, 0.1) is 0 Å². The van der Waals surface area contributed by atoms with E-state index in [4.69, 9.17) is 0 Å². The molecule has 9 rings (SSSR count). The van der Waals surface area contributed by atoms with Crippen molar-refractivity contribution in [1.29, 1.82) is 0 Å². The van der Waals surface area contributed by atoms with Gasteiger partial charge in [-0.05, 0) is 116 Å². The minimum Gasteiger partial charge on any atom is -0.0842 e. The van der Waals surface area contributed by atoms with Gasteiger partial charge in [-0.2, -0.15) is 0 Å². The molecule has 192 valence electrons. The van der Waals surface area contributed by atoms with Gasteiger partial charge in [0, 0.05) is 11.8 Å². The molecule has 6 aliphatic carbocycles. The molecular formula is C40H32. The Kier molecular flexibility index (Phi) is 4.91. The molecule has 3 aromatic rings. The van der Waals surface area contributed by atoms with Gasteiger partial charge in [-0.25, -0.2) is 0 Å². The van der Waals surface area contributed by atoms with Gasteiger partial charge >= 0.3 is 0 Å². The van der Waals surface area contributed by atoms with Crippen LogP contribution in [0.15, 0.2) is 143 Å². The van der Waals surface area contributed by atoms with Crippen molar-refractivity contribution in [1.82, 2.24) is 0 Å². The van der Waals surface area contributed by atoms with E-state index in [1.165, 1.54) is 62.6 Å². The summed E-state index contributed by atoms with van der Waals surface area (Å²) >= 11 is 0. The minimum atomic E-state index is 0.320. The highest BCUT2D eigenvalue weighted by molar-refractivity contribution is 6.30. The molecule has 0 saturated heterocycles. The predicted octanol–water partition coefficient (Wildman–Crippen LogP) is 10.3. The van der Waals surface area contributed by atoms with Gasteiger partial charge in [0.25, 0.3) is 0 Å². The zero-order valence-corrected chi connectivity index (χ0v) is 22.8. The van der Waals surface area contributed by atoms with Crippen LogP contribution in [-0.2, 0) is 0 Å². The van der Waals surface area contributed by atoms with Crippen molar-refractivity contribution in [3.63, 3.8) is 0 Å². The molecule has 0 bridgehead atoms. The van der Waals surface area contributed by atoms with Crippen molar-refractivity contribution in [3.05, 3.63) is 159 Å². The molecule has 2 unspecified atom stereocenters. The van der Waals surface area contributed by atoms with Crippen LogP contribution < -0.4 is 0 Å². The van der Waals surface area contributed by atoms with E-state index in [0.29, 0.717) is 11.8 Å². The molecule has 40 heavy (non-hydrogen) atoms. The molecule has 0 heterocycles. The van der Waals surface area contributed by atoms with Crippen molar-refractivity contribution in [2.75, 3.05) is 0 Å². The van der Waals surface area contributed by atoms with Crippen LogP contribution in [0.5, 0.6) is 0 Å². The van der Waals surface area contributed by atoms with Crippen LogP contribution >= 0.6 is 0 Å². The lowest BCUT2D eigenvalue weighted by Gasteiger charge is -2.46. The van der Waals surface area contributed by atoms with Crippen LogP contribution in [-0.4, -0.2) is 0 Å². The van der Waals surface area contributed by atoms with Crippen molar-refractivity contribution >= 4 is 27.5 Å². The number of rotatable bonds is 2. The van der Waals surface area contributed by atoms with E-state index in [0.717, 1.165) is 25.7 Å². The first-order valence-corrected chi connectivity index (χ1v) is 15.1. The van der Waals surface area contributed by atoms with Crippen LogP contribution in [0.3, 0.4) is 0 Å². The first-order valence-electron chi connectivity index (χ1n) is 15.1. The van der Waals surface area contributed by atoms with E-state index in [-0.39, 0.29) is 0 Å². The summed E-state index contributed by atoms with van der Waals surface area (Å²) in [5.41, 5.74) is 18.4. The van der Waals surface area contributed by atoms with Gasteiger partial charge in [-0.3, -0.25) is 0 Å². The number of fused-ring (bicyclic) bond motifs is 7. The Balaban J connectivity index is 1.49. The maximum absolute atomic E-state index is 2.52. The van der Waals surface area contributed by atoms with Crippen molar-refractivity contribution in [2.24, 2.45) is 11.8 Å². The minimum absolute atomic E-state index is 0.320. The van der Waals surface area contributed by atoms with Gasteiger partial charge in [0.2, 0.25) is 0 Å². The molecule has 2 atom stereocenters. The van der Waals surface area contributed by atoms with Crippen LogP contribution in [0.25, 0.3) is 27.5 Å². The summed E-state index contributed by atoms with van der Waals surface area (Å²) in [5, 5.41) is 2.79. The third-order valence-corrected chi connectivity index (χ3v) is 10.1. The van der Waals surface area contributed by atoms with Crippen molar-refractivity contribution < 1.29 is 0 Å². The molecule has 0 fully saturated rings. The maximum atomic E-state index is 2.52. The van der Waals surface area contributed by atoms with E-state index >= 15 is 0 Å². The van der Waals surface area contributed by atoms with E-state index in [1.54, 1.807) is 27.9 Å². The Hall–Kier alpha value is -4.16.